The van der Waals surface area contributed by atoms with Gasteiger partial charge in [-0.1, -0.05) is 6.92 Å². The van der Waals surface area contributed by atoms with Crippen LogP contribution in [0.5, 0.6) is 0 Å². The Hall–Kier alpha value is -1.68. The molecule has 0 saturated heterocycles. The largest absolute Gasteiger partial charge is 0.472 e. The SMILES string of the molecule is CCCNC(Cc1ccoc1)c1cnc(C)cn1. The van der Waals surface area contributed by atoms with Crippen LogP contribution in [-0.4, -0.2) is 16.5 Å². The lowest BCUT2D eigenvalue weighted by molar-refractivity contribution is 0.509. The predicted octanol–water partition coefficient (Wildman–Crippen LogP) is 2.66. The highest BCUT2D eigenvalue weighted by molar-refractivity contribution is 5.13. The van der Waals surface area contributed by atoms with Gasteiger partial charge in [-0.25, -0.2) is 0 Å². The fourth-order valence-corrected chi connectivity index (χ4v) is 1.83. The normalized spacial score (nSPS) is 12.6. The Morgan fingerprint density at radius 2 is 2.22 bits per heavy atom. The number of rotatable bonds is 6. The number of hydrogen-bond donors (Lipinski definition) is 1. The van der Waals surface area contributed by atoms with Crippen molar-refractivity contribution < 1.29 is 4.42 Å². The van der Waals surface area contributed by atoms with Crippen LogP contribution in [0.2, 0.25) is 0 Å². The maximum atomic E-state index is 5.11. The first-order valence-electron chi connectivity index (χ1n) is 6.32. The minimum Gasteiger partial charge on any atom is -0.472 e. The lowest BCUT2D eigenvalue weighted by Gasteiger charge is -2.17. The maximum Gasteiger partial charge on any atom is 0.0935 e. The smallest absolute Gasteiger partial charge is 0.0935 e. The van der Waals surface area contributed by atoms with Gasteiger partial charge in [0.25, 0.3) is 0 Å². The van der Waals surface area contributed by atoms with Crippen LogP contribution in [0.3, 0.4) is 0 Å². The molecule has 2 heterocycles. The second-order valence-corrected chi connectivity index (χ2v) is 4.43. The second kappa shape index (κ2) is 6.31. The first kappa shape index (κ1) is 12.8. The van der Waals surface area contributed by atoms with Crippen molar-refractivity contribution >= 4 is 0 Å². The summed E-state index contributed by atoms with van der Waals surface area (Å²) in [6.45, 7) is 5.07. The van der Waals surface area contributed by atoms with E-state index in [1.165, 1.54) is 5.56 Å². The summed E-state index contributed by atoms with van der Waals surface area (Å²) >= 11 is 0. The number of aryl methyl sites for hydroxylation is 1. The van der Waals surface area contributed by atoms with E-state index in [9.17, 15) is 0 Å². The molecule has 2 aromatic rings. The van der Waals surface area contributed by atoms with Crippen molar-refractivity contribution in [2.24, 2.45) is 0 Å². The van der Waals surface area contributed by atoms with Gasteiger partial charge >= 0.3 is 0 Å². The molecule has 0 aliphatic carbocycles. The summed E-state index contributed by atoms with van der Waals surface area (Å²) in [5.41, 5.74) is 3.09. The van der Waals surface area contributed by atoms with E-state index in [1.54, 1.807) is 12.5 Å². The number of nitrogens with one attached hydrogen (secondary N) is 1. The van der Waals surface area contributed by atoms with Gasteiger partial charge in [-0.2, -0.15) is 0 Å². The summed E-state index contributed by atoms with van der Waals surface area (Å²) in [7, 11) is 0. The van der Waals surface area contributed by atoms with Gasteiger partial charge in [-0.15, -0.1) is 0 Å². The van der Waals surface area contributed by atoms with E-state index >= 15 is 0 Å². The monoisotopic (exact) mass is 245 g/mol. The van der Waals surface area contributed by atoms with Crippen LogP contribution in [0.1, 0.15) is 36.3 Å². The molecule has 0 aliphatic heterocycles. The molecular weight excluding hydrogens is 226 g/mol. The van der Waals surface area contributed by atoms with Gasteiger partial charge in [0.1, 0.15) is 0 Å². The maximum absolute atomic E-state index is 5.11. The van der Waals surface area contributed by atoms with Gasteiger partial charge in [0.05, 0.1) is 36.2 Å². The van der Waals surface area contributed by atoms with E-state index in [4.69, 9.17) is 4.42 Å². The standard InChI is InChI=1S/C14H19N3O/c1-3-5-15-13(7-12-4-6-18-10-12)14-9-16-11(2)8-17-14/h4,6,8-10,13,15H,3,5,7H2,1-2H3. The quantitative estimate of drug-likeness (QED) is 0.850. The van der Waals surface area contributed by atoms with Crippen molar-refractivity contribution in [2.75, 3.05) is 6.54 Å². The summed E-state index contributed by atoms with van der Waals surface area (Å²) in [5.74, 6) is 0. The minimum absolute atomic E-state index is 0.190. The van der Waals surface area contributed by atoms with Crippen LogP contribution in [0.25, 0.3) is 0 Å². The molecule has 1 atom stereocenters. The van der Waals surface area contributed by atoms with E-state index in [0.29, 0.717) is 0 Å². The summed E-state index contributed by atoms with van der Waals surface area (Å²) in [4.78, 5) is 8.77. The van der Waals surface area contributed by atoms with Gasteiger partial charge in [0.2, 0.25) is 0 Å². The lowest BCUT2D eigenvalue weighted by Crippen LogP contribution is -2.25. The zero-order chi connectivity index (χ0) is 12.8. The van der Waals surface area contributed by atoms with Gasteiger partial charge < -0.3 is 9.73 Å². The average molecular weight is 245 g/mol. The first-order valence-corrected chi connectivity index (χ1v) is 6.32. The second-order valence-electron chi connectivity index (χ2n) is 4.43. The Balaban J connectivity index is 2.11. The van der Waals surface area contributed by atoms with Crippen LogP contribution >= 0.6 is 0 Å². The van der Waals surface area contributed by atoms with Crippen molar-refractivity contribution in [3.8, 4) is 0 Å². The molecule has 2 aromatic heterocycles. The predicted molar refractivity (Wildman–Crippen MR) is 70.2 cm³/mol. The van der Waals surface area contributed by atoms with Crippen LogP contribution in [-0.2, 0) is 6.42 Å². The summed E-state index contributed by atoms with van der Waals surface area (Å²) in [5, 5.41) is 3.50. The van der Waals surface area contributed by atoms with Gasteiger partial charge in [0, 0.05) is 6.20 Å². The fraction of sp³-hybridized carbons (Fsp3) is 0.429. The Morgan fingerprint density at radius 3 is 2.83 bits per heavy atom. The Morgan fingerprint density at radius 1 is 1.33 bits per heavy atom. The highest BCUT2D eigenvalue weighted by Crippen LogP contribution is 2.16. The van der Waals surface area contributed by atoms with Crippen LogP contribution in [0.4, 0.5) is 0 Å². The molecule has 4 heteroatoms. The number of hydrogen-bond acceptors (Lipinski definition) is 4. The lowest BCUT2D eigenvalue weighted by atomic mass is 10.1. The molecule has 0 aromatic carbocycles. The van der Waals surface area contributed by atoms with E-state index in [-0.39, 0.29) is 6.04 Å². The van der Waals surface area contributed by atoms with E-state index in [2.05, 4.69) is 22.2 Å². The molecule has 4 nitrogen and oxygen atoms in total. The third kappa shape index (κ3) is 3.40. The minimum atomic E-state index is 0.190. The Bertz CT molecular complexity index is 450. The molecule has 0 aliphatic rings. The van der Waals surface area contributed by atoms with Gasteiger partial charge in [-0.3, -0.25) is 9.97 Å². The topological polar surface area (TPSA) is 51.0 Å². The molecule has 1 unspecified atom stereocenters. The first-order chi connectivity index (χ1) is 8.79. The van der Waals surface area contributed by atoms with E-state index < -0.39 is 0 Å². The molecule has 1 N–H and O–H groups in total. The summed E-state index contributed by atoms with van der Waals surface area (Å²) < 4.78 is 5.11. The molecule has 2 rings (SSSR count). The average Bonchev–Trinajstić information content (AvgIpc) is 2.88. The molecule has 96 valence electrons. The highest BCUT2D eigenvalue weighted by Gasteiger charge is 2.13. The highest BCUT2D eigenvalue weighted by atomic mass is 16.3. The third-order valence-electron chi connectivity index (χ3n) is 2.82. The van der Waals surface area contributed by atoms with Crippen molar-refractivity contribution in [1.29, 1.82) is 0 Å². The van der Waals surface area contributed by atoms with Crippen molar-refractivity contribution in [3.05, 3.63) is 47.9 Å². The molecule has 18 heavy (non-hydrogen) atoms. The summed E-state index contributed by atoms with van der Waals surface area (Å²) in [6.07, 6.45) is 9.11. The number of aromatic nitrogens is 2. The number of nitrogens with zero attached hydrogens (tertiary/aromatic N) is 2. The molecule has 0 spiro atoms. The van der Waals surface area contributed by atoms with E-state index in [0.717, 1.165) is 30.8 Å². The zero-order valence-electron chi connectivity index (χ0n) is 10.9. The molecular formula is C14H19N3O. The molecule has 0 radical (unpaired) electrons. The zero-order valence-corrected chi connectivity index (χ0v) is 10.9. The number of furan rings is 1. The summed E-state index contributed by atoms with van der Waals surface area (Å²) in [6, 6.07) is 2.18. The van der Waals surface area contributed by atoms with E-state index in [1.807, 2.05) is 25.4 Å². The van der Waals surface area contributed by atoms with Gasteiger partial charge in [-0.05, 0) is 37.9 Å². The van der Waals surface area contributed by atoms with Crippen LogP contribution in [0.15, 0.2) is 35.4 Å². The van der Waals surface area contributed by atoms with Crippen molar-refractivity contribution in [1.82, 2.24) is 15.3 Å². The van der Waals surface area contributed by atoms with Crippen LogP contribution in [0, 0.1) is 6.92 Å². The molecule has 0 saturated carbocycles. The van der Waals surface area contributed by atoms with Crippen molar-refractivity contribution in [2.45, 2.75) is 32.7 Å². The van der Waals surface area contributed by atoms with Crippen LogP contribution < -0.4 is 5.32 Å². The Kier molecular flexibility index (Phi) is 4.47. The molecule has 0 amide bonds. The Labute approximate surface area is 107 Å². The molecule has 0 bridgehead atoms. The van der Waals surface area contributed by atoms with Crippen molar-refractivity contribution in [3.63, 3.8) is 0 Å². The molecule has 0 fully saturated rings. The third-order valence-corrected chi connectivity index (χ3v) is 2.82. The van der Waals surface area contributed by atoms with Gasteiger partial charge in [0.15, 0.2) is 0 Å². The fourth-order valence-electron chi connectivity index (χ4n) is 1.83.